The molecule has 28 heavy (non-hydrogen) atoms. The van der Waals surface area contributed by atoms with E-state index in [4.69, 9.17) is 0 Å². The maximum atomic E-state index is 13.2. The van der Waals surface area contributed by atoms with Crippen molar-refractivity contribution in [3.8, 4) is 0 Å². The molecule has 0 N–H and O–H groups in total. The van der Waals surface area contributed by atoms with E-state index in [-0.39, 0.29) is 17.9 Å². The van der Waals surface area contributed by atoms with E-state index in [1.165, 1.54) is 0 Å². The van der Waals surface area contributed by atoms with E-state index in [0.29, 0.717) is 18.7 Å². The van der Waals surface area contributed by atoms with E-state index in [1.54, 1.807) is 16.2 Å². The van der Waals surface area contributed by atoms with E-state index < -0.39 is 0 Å². The summed E-state index contributed by atoms with van der Waals surface area (Å²) >= 11 is 5.03. The zero-order valence-electron chi connectivity index (χ0n) is 15.6. The normalized spacial score (nSPS) is 20.3. The Bertz CT molecular complexity index is 827. The number of hydrogen-bond acceptors (Lipinski definition) is 5. The third-order valence-electron chi connectivity index (χ3n) is 5.39. The monoisotopic (exact) mass is 462 g/mol. The molecule has 6 nitrogen and oxygen atoms in total. The lowest BCUT2D eigenvalue weighted by molar-refractivity contribution is -0.135. The summed E-state index contributed by atoms with van der Waals surface area (Å²) in [6.45, 7) is 3.74. The summed E-state index contributed by atoms with van der Waals surface area (Å²) in [5.41, 5.74) is 0.633. The molecule has 0 bridgehead atoms. The number of benzene rings is 1. The average Bonchev–Trinajstić information content (AvgIpc) is 3.36. The number of anilines is 1. The molecule has 0 spiro atoms. The van der Waals surface area contributed by atoms with Crippen LogP contribution in [0.25, 0.3) is 0 Å². The Morgan fingerprint density at radius 2 is 1.86 bits per heavy atom. The van der Waals surface area contributed by atoms with Gasteiger partial charge in [0.1, 0.15) is 6.04 Å². The molecule has 2 amide bonds. The van der Waals surface area contributed by atoms with Gasteiger partial charge in [0.25, 0.3) is 5.91 Å². The van der Waals surface area contributed by atoms with Crippen molar-refractivity contribution in [3.63, 3.8) is 0 Å². The predicted octanol–water partition coefficient (Wildman–Crippen LogP) is 3.25. The number of aromatic nitrogens is 1. The maximum Gasteiger partial charge on any atom is 0.254 e. The van der Waals surface area contributed by atoms with Crippen molar-refractivity contribution >= 4 is 44.2 Å². The molecule has 4 rings (SSSR count). The highest BCUT2D eigenvalue weighted by atomic mass is 79.9. The highest BCUT2D eigenvalue weighted by Crippen LogP contribution is 2.24. The zero-order valence-corrected chi connectivity index (χ0v) is 18.0. The van der Waals surface area contributed by atoms with Crippen LogP contribution in [0.4, 0.5) is 5.13 Å². The Balaban J connectivity index is 1.43. The van der Waals surface area contributed by atoms with Crippen LogP contribution in [0.3, 0.4) is 0 Å². The first-order valence-electron chi connectivity index (χ1n) is 9.63. The molecule has 8 heteroatoms. The molecule has 148 valence electrons. The van der Waals surface area contributed by atoms with Crippen LogP contribution in [0, 0.1) is 0 Å². The smallest absolute Gasteiger partial charge is 0.254 e. The van der Waals surface area contributed by atoms with Gasteiger partial charge in [-0.05, 0) is 43.5 Å². The summed E-state index contributed by atoms with van der Waals surface area (Å²) < 4.78 is 0.937. The van der Waals surface area contributed by atoms with Crippen LogP contribution in [0.15, 0.2) is 40.3 Å². The topological polar surface area (TPSA) is 56.8 Å². The Hall–Kier alpha value is -1.93. The predicted molar refractivity (Wildman–Crippen MR) is 114 cm³/mol. The summed E-state index contributed by atoms with van der Waals surface area (Å²) in [4.78, 5) is 36.5. The summed E-state index contributed by atoms with van der Waals surface area (Å²) in [5, 5.41) is 3.00. The summed E-state index contributed by atoms with van der Waals surface area (Å²) in [5.74, 6) is 0.0338. The number of hydrogen-bond donors (Lipinski definition) is 0. The fraction of sp³-hybridized carbons (Fsp3) is 0.450. The number of likely N-dealkylation sites (tertiary alicyclic amines) is 1. The molecule has 1 aromatic heterocycles. The molecule has 0 saturated carbocycles. The van der Waals surface area contributed by atoms with Crippen molar-refractivity contribution in [2.24, 2.45) is 0 Å². The van der Waals surface area contributed by atoms with E-state index in [0.717, 1.165) is 48.5 Å². The maximum absolute atomic E-state index is 13.2. The lowest BCUT2D eigenvalue weighted by atomic mass is 10.1. The second kappa shape index (κ2) is 8.61. The van der Waals surface area contributed by atoms with Gasteiger partial charge in [-0.15, -0.1) is 11.3 Å². The summed E-state index contributed by atoms with van der Waals surface area (Å²) in [7, 11) is 0. The first-order chi connectivity index (χ1) is 13.6. The molecule has 2 aromatic rings. The van der Waals surface area contributed by atoms with E-state index in [2.05, 4.69) is 25.8 Å². The minimum atomic E-state index is -0.345. The molecule has 1 unspecified atom stereocenters. The SMILES string of the molecule is O=C(C1CCCN1C(=O)c1ccc(Br)cc1)N1CCCN(c2nccs2)CC1. The lowest BCUT2D eigenvalue weighted by Crippen LogP contribution is -2.48. The molecular formula is C20H23BrN4O2S. The van der Waals surface area contributed by atoms with Gasteiger partial charge < -0.3 is 14.7 Å². The minimum absolute atomic E-state index is 0.0532. The molecule has 1 atom stereocenters. The number of nitrogens with zero attached hydrogens (tertiary/aromatic N) is 4. The van der Waals surface area contributed by atoms with Crippen LogP contribution in [-0.4, -0.2) is 65.4 Å². The number of rotatable bonds is 3. The third-order valence-corrected chi connectivity index (χ3v) is 6.75. The molecule has 3 heterocycles. The molecule has 2 fully saturated rings. The molecule has 1 aromatic carbocycles. The van der Waals surface area contributed by atoms with Crippen molar-refractivity contribution < 1.29 is 9.59 Å². The van der Waals surface area contributed by atoms with Crippen LogP contribution >= 0.6 is 27.3 Å². The van der Waals surface area contributed by atoms with E-state index in [9.17, 15) is 9.59 Å². The van der Waals surface area contributed by atoms with Crippen molar-refractivity contribution in [1.82, 2.24) is 14.8 Å². The summed E-state index contributed by atoms with van der Waals surface area (Å²) in [6, 6.07) is 7.00. The molecule has 2 aliphatic rings. The van der Waals surface area contributed by atoms with Gasteiger partial charge in [-0.3, -0.25) is 9.59 Å². The number of carbonyl (C=O) groups is 2. The summed E-state index contributed by atoms with van der Waals surface area (Å²) in [6.07, 6.45) is 4.35. The Morgan fingerprint density at radius 3 is 2.61 bits per heavy atom. The second-order valence-electron chi connectivity index (χ2n) is 7.14. The molecule has 2 aliphatic heterocycles. The highest BCUT2D eigenvalue weighted by Gasteiger charge is 2.37. The fourth-order valence-corrected chi connectivity index (χ4v) is 4.90. The Labute approximate surface area is 177 Å². The van der Waals surface area contributed by atoms with Gasteiger partial charge in [-0.2, -0.15) is 0 Å². The van der Waals surface area contributed by atoms with Crippen LogP contribution in [0.5, 0.6) is 0 Å². The van der Waals surface area contributed by atoms with Gasteiger partial charge >= 0.3 is 0 Å². The van der Waals surface area contributed by atoms with E-state index >= 15 is 0 Å². The fourth-order valence-electron chi connectivity index (χ4n) is 3.94. The molecular weight excluding hydrogens is 440 g/mol. The Kier molecular flexibility index (Phi) is 5.96. The van der Waals surface area contributed by atoms with Crippen molar-refractivity contribution in [3.05, 3.63) is 45.9 Å². The van der Waals surface area contributed by atoms with E-state index in [1.807, 2.05) is 40.7 Å². The van der Waals surface area contributed by atoms with Crippen molar-refractivity contribution in [2.75, 3.05) is 37.6 Å². The van der Waals surface area contributed by atoms with Crippen LogP contribution in [0.1, 0.15) is 29.6 Å². The quantitative estimate of drug-likeness (QED) is 0.702. The van der Waals surface area contributed by atoms with Gasteiger partial charge in [-0.25, -0.2) is 4.98 Å². The molecule has 0 radical (unpaired) electrons. The first-order valence-corrected chi connectivity index (χ1v) is 11.3. The average molecular weight is 463 g/mol. The van der Waals surface area contributed by atoms with Gasteiger partial charge in [-0.1, -0.05) is 15.9 Å². The lowest BCUT2D eigenvalue weighted by Gasteiger charge is -2.29. The number of amides is 2. The van der Waals surface area contributed by atoms with Crippen molar-refractivity contribution in [1.29, 1.82) is 0 Å². The largest absolute Gasteiger partial charge is 0.346 e. The molecule has 0 aliphatic carbocycles. The van der Waals surface area contributed by atoms with Crippen LogP contribution in [0.2, 0.25) is 0 Å². The third kappa shape index (κ3) is 4.07. The second-order valence-corrected chi connectivity index (χ2v) is 8.93. The number of halogens is 1. The van der Waals surface area contributed by atoms with Gasteiger partial charge in [0.2, 0.25) is 5.91 Å². The highest BCUT2D eigenvalue weighted by molar-refractivity contribution is 9.10. The standard InChI is InChI=1S/C20H23BrN4O2S/c21-16-6-4-15(5-7-16)18(26)25-11-1-3-17(25)19(27)23-9-2-10-24(13-12-23)20-22-8-14-28-20/h4-8,14,17H,1-3,9-13H2. The number of carbonyl (C=O) groups excluding carboxylic acids is 2. The van der Waals surface area contributed by atoms with Gasteiger partial charge in [0.05, 0.1) is 0 Å². The first kappa shape index (κ1) is 19.4. The van der Waals surface area contributed by atoms with Gasteiger partial charge in [0.15, 0.2) is 5.13 Å². The molecule has 2 saturated heterocycles. The van der Waals surface area contributed by atoms with Gasteiger partial charge in [0, 0.05) is 54.3 Å². The minimum Gasteiger partial charge on any atom is -0.346 e. The number of thiazole rings is 1. The van der Waals surface area contributed by atoms with Crippen LogP contribution < -0.4 is 4.90 Å². The van der Waals surface area contributed by atoms with Crippen LogP contribution in [-0.2, 0) is 4.79 Å². The van der Waals surface area contributed by atoms with Crippen molar-refractivity contribution in [2.45, 2.75) is 25.3 Å². The zero-order chi connectivity index (χ0) is 19.5. The Morgan fingerprint density at radius 1 is 1.04 bits per heavy atom.